The van der Waals surface area contributed by atoms with Crippen LogP contribution >= 0.6 is 0 Å². The smallest absolute Gasteiger partial charge is 0.195 e. The minimum Gasteiger partial charge on any atom is -0.461 e. The Labute approximate surface area is 147 Å². The van der Waals surface area contributed by atoms with Gasteiger partial charge in [-0.15, -0.1) is 0 Å². The summed E-state index contributed by atoms with van der Waals surface area (Å²) in [4.78, 5) is 11.2. The molecule has 2 saturated heterocycles. The van der Waals surface area contributed by atoms with E-state index in [1.165, 1.54) is 0 Å². The molecule has 6 nitrogen and oxygen atoms in total. The van der Waals surface area contributed by atoms with Crippen LogP contribution in [0, 0.1) is 0 Å². The van der Waals surface area contributed by atoms with Crippen LogP contribution < -0.4 is 0 Å². The number of nitrogens with zero attached hydrogens (tertiary/aromatic N) is 3. The largest absolute Gasteiger partial charge is 0.461 e. The van der Waals surface area contributed by atoms with Gasteiger partial charge in [0.05, 0.1) is 24.1 Å². The highest BCUT2D eigenvalue weighted by molar-refractivity contribution is 5.45. The standard InChI is InChI=1S/C19H25N3O3/c1-18(23)6-10-25-19(14-18)4-7-22(8-5-19)13-15-11-20-17(21-12-15)16-3-2-9-24-16/h2-3,9,11-12,23H,4-8,10,13-14H2,1H3. The fraction of sp³-hybridized carbons (Fsp3) is 0.579. The van der Waals surface area contributed by atoms with Crippen LogP contribution in [0.2, 0.25) is 0 Å². The van der Waals surface area contributed by atoms with Crippen LogP contribution in [-0.4, -0.2) is 50.9 Å². The van der Waals surface area contributed by atoms with Crippen LogP contribution in [-0.2, 0) is 11.3 Å². The average molecular weight is 343 g/mol. The van der Waals surface area contributed by atoms with E-state index in [2.05, 4.69) is 14.9 Å². The third-order valence-electron chi connectivity index (χ3n) is 5.37. The van der Waals surface area contributed by atoms with E-state index in [-0.39, 0.29) is 5.60 Å². The zero-order chi connectivity index (χ0) is 17.3. The maximum Gasteiger partial charge on any atom is 0.195 e. The molecular formula is C19H25N3O3. The molecular weight excluding hydrogens is 318 g/mol. The second kappa shape index (κ2) is 6.52. The summed E-state index contributed by atoms with van der Waals surface area (Å²) in [6, 6.07) is 3.69. The summed E-state index contributed by atoms with van der Waals surface area (Å²) >= 11 is 0. The molecule has 0 saturated carbocycles. The number of aromatic nitrogens is 2. The third kappa shape index (κ3) is 3.76. The van der Waals surface area contributed by atoms with Crippen molar-refractivity contribution in [3.05, 3.63) is 36.4 Å². The molecule has 1 atom stereocenters. The van der Waals surface area contributed by atoms with Gasteiger partial charge in [-0.3, -0.25) is 4.90 Å². The van der Waals surface area contributed by atoms with Crippen molar-refractivity contribution in [3.8, 4) is 11.6 Å². The number of aliphatic hydroxyl groups is 1. The van der Waals surface area contributed by atoms with Crippen LogP contribution in [0.25, 0.3) is 11.6 Å². The zero-order valence-electron chi connectivity index (χ0n) is 14.6. The van der Waals surface area contributed by atoms with Gasteiger partial charge in [0.1, 0.15) is 0 Å². The Morgan fingerprint density at radius 2 is 1.96 bits per heavy atom. The first-order valence-corrected chi connectivity index (χ1v) is 8.97. The first kappa shape index (κ1) is 16.7. The summed E-state index contributed by atoms with van der Waals surface area (Å²) in [5, 5.41) is 10.4. The fourth-order valence-electron chi connectivity index (χ4n) is 3.99. The second-order valence-corrected chi connectivity index (χ2v) is 7.62. The van der Waals surface area contributed by atoms with Gasteiger partial charge in [0.15, 0.2) is 11.6 Å². The SMILES string of the molecule is CC1(O)CCOC2(CCN(Cc3cnc(-c4ccco4)nc3)CC2)C1. The minimum atomic E-state index is -0.587. The number of piperidine rings is 1. The van der Waals surface area contributed by atoms with Crippen LogP contribution in [0.1, 0.15) is 38.2 Å². The van der Waals surface area contributed by atoms with E-state index in [4.69, 9.17) is 9.15 Å². The number of hydrogen-bond acceptors (Lipinski definition) is 6. The van der Waals surface area contributed by atoms with Crippen LogP contribution in [0.15, 0.2) is 35.2 Å². The maximum atomic E-state index is 10.4. The molecule has 0 aromatic carbocycles. The lowest BCUT2D eigenvalue weighted by atomic mass is 9.78. The van der Waals surface area contributed by atoms with Gasteiger partial charge in [0.2, 0.25) is 0 Å². The third-order valence-corrected chi connectivity index (χ3v) is 5.37. The van der Waals surface area contributed by atoms with E-state index in [9.17, 15) is 5.11 Å². The van der Waals surface area contributed by atoms with Crippen molar-refractivity contribution < 1.29 is 14.3 Å². The van der Waals surface area contributed by atoms with Crippen molar-refractivity contribution in [2.75, 3.05) is 19.7 Å². The topological polar surface area (TPSA) is 71.6 Å². The van der Waals surface area contributed by atoms with Crippen molar-refractivity contribution in [1.82, 2.24) is 14.9 Å². The highest BCUT2D eigenvalue weighted by Crippen LogP contribution is 2.39. The van der Waals surface area contributed by atoms with Crippen LogP contribution in [0.5, 0.6) is 0 Å². The number of likely N-dealkylation sites (tertiary alicyclic amines) is 1. The lowest BCUT2D eigenvalue weighted by Gasteiger charge is -2.48. The van der Waals surface area contributed by atoms with Crippen molar-refractivity contribution in [1.29, 1.82) is 0 Å². The van der Waals surface area contributed by atoms with E-state index in [0.717, 1.165) is 50.9 Å². The normalized spacial score (nSPS) is 26.8. The average Bonchev–Trinajstić information content (AvgIpc) is 3.11. The molecule has 134 valence electrons. The molecule has 4 rings (SSSR count). The van der Waals surface area contributed by atoms with E-state index in [1.54, 1.807) is 6.26 Å². The predicted octanol–water partition coefficient (Wildman–Crippen LogP) is 2.63. The molecule has 0 amide bonds. The highest BCUT2D eigenvalue weighted by atomic mass is 16.5. The lowest BCUT2D eigenvalue weighted by molar-refractivity contribution is -0.173. The van der Waals surface area contributed by atoms with Crippen molar-refractivity contribution in [2.24, 2.45) is 0 Å². The fourth-order valence-corrected chi connectivity index (χ4v) is 3.99. The highest BCUT2D eigenvalue weighted by Gasteiger charge is 2.44. The molecule has 25 heavy (non-hydrogen) atoms. The summed E-state index contributed by atoms with van der Waals surface area (Å²) in [7, 11) is 0. The molecule has 0 radical (unpaired) electrons. The Morgan fingerprint density at radius 3 is 2.60 bits per heavy atom. The summed E-state index contributed by atoms with van der Waals surface area (Å²) < 4.78 is 11.4. The van der Waals surface area contributed by atoms with Gasteiger partial charge in [-0.1, -0.05) is 0 Å². The van der Waals surface area contributed by atoms with E-state index < -0.39 is 5.60 Å². The van der Waals surface area contributed by atoms with Gasteiger partial charge >= 0.3 is 0 Å². The predicted molar refractivity (Wildman–Crippen MR) is 92.8 cm³/mol. The second-order valence-electron chi connectivity index (χ2n) is 7.62. The Bertz CT molecular complexity index is 689. The van der Waals surface area contributed by atoms with Gasteiger partial charge < -0.3 is 14.3 Å². The molecule has 2 aliphatic rings. The molecule has 0 aliphatic carbocycles. The summed E-state index contributed by atoms with van der Waals surface area (Å²) in [6.45, 7) is 5.37. The minimum absolute atomic E-state index is 0.141. The van der Waals surface area contributed by atoms with Crippen molar-refractivity contribution in [3.63, 3.8) is 0 Å². The van der Waals surface area contributed by atoms with E-state index in [0.29, 0.717) is 18.2 Å². The molecule has 1 N–H and O–H groups in total. The van der Waals surface area contributed by atoms with Gasteiger partial charge in [-0.05, 0) is 38.3 Å². The molecule has 2 fully saturated rings. The van der Waals surface area contributed by atoms with E-state index >= 15 is 0 Å². The van der Waals surface area contributed by atoms with Gasteiger partial charge in [0.25, 0.3) is 0 Å². The Hall–Kier alpha value is -1.76. The van der Waals surface area contributed by atoms with Gasteiger partial charge in [0, 0.05) is 44.0 Å². The zero-order valence-corrected chi connectivity index (χ0v) is 14.6. The maximum absolute atomic E-state index is 10.4. The molecule has 1 spiro atoms. The molecule has 0 bridgehead atoms. The summed E-state index contributed by atoms with van der Waals surface area (Å²) in [5.74, 6) is 1.30. The molecule has 4 heterocycles. The number of ether oxygens (including phenoxy) is 1. The van der Waals surface area contributed by atoms with Crippen molar-refractivity contribution >= 4 is 0 Å². The Balaban J connectivity index is 1.34. The van der Waals surface area contributed by atoms with Crippen molar-refractivity contribution in [2.45, 2.75) is 50.4 Å². The Kier molecular flexibility index (Phi) is 4.35. The first-order chi connectivity index (χ1) is 12.0. The lowest BCUT2D eigenvalue weighted by Crippen LogP contribution is -2.53. The molecule has 2 aromatic heterocycles. The Morgan fingerprint density at radius 1 is 1.20 bits per heavy atom. The quantitative estimate of drug-likeness (QED) is 0.924. The van der Waals surface area contributed by atoms with Crippen LogP contribution in [0.4, 0.5) is 0 Å². The molecule has 6 heteroatoms. The van der Waals surface area contributed by atoms with Gasteiger partial charge in [-0.25, -0.2) is 9.97 Å². The number of furan rings is 1. The van der Waals surface area contributed by atoms with Gasteiger partial charge in [-0.2, -0.15) is 0 Å². The van der Waals surface area contributed by atoms with Crippen LogP contribution in [0.3, 0.4) is 0 Å². The first-order valence-electron chi connectivity index (χ1n) is 8.97. The number of rotatable bonds is 3. The molecule has 2 aliphatic heterocycles. The molecule has 2 aromatic rings. The molecule has 1 unspecified atom stereocenters. The number of hydrogen-bond donors (Lipinski definition) is 1. The van der Waals surface area contributed by atoms with E-state index in [1.807, 2.05) is 31.5 Å². The summed E-state index contributed by atoms with van der Waals surface area (Å²) in [6.07, 6.45) is 8.78. The monoisotopic (exact) mass is 343 g/mol. The summed E-state index contributed by atoms with van der Waals surface area (Å²) in [5.41, 5.74) is 0.371.